The normalized spacial score (nSPS) is 11.1. The zero-order valence-corrected chi connectivity index (χ0v) is 11.6. The Balaban J connectivity index is 2.31. The third-order valence-electron chi connectivity index (χ3n) is 3.00. The van der Waals surface area contributed by atoms with E-state index in [9.17, 15) is 22.8 Å². The van der Waals surface area contributed by atoms with E-state index in [1.165, 1.54) is 31.2 Å². The van der Waals surface area contributed by atoms with Gasteiger partial charge in [-0.1, -0.05) is 24.3 Å². The second-order valence-corrected chi connectivity index (χ2v) is 4.63. The molecule has 0 unspecified atom stereocenters. The molecule has 0 aliphatic heterocycles. The predicted molar refractivity (Wildman–Crippen MR) is 75.8 cm³/mol. The van der Waals surface area contributed by atoms with Crippen molar-refractivity contribution in [2.45, 2.75) is 13.1 Å². The molecule has 2 aromatic rings. The van der Waals surface area contributed by atoms with E-state index in [-0.39, 0.29) is 11.5 Å². The van der Waals surface area contributed by atoms with Crippen molar-refractivity contribution >= 4 is 17.4 Å². The summed E-state index contributed by atoms with van der Waals surface area (Å²) in [7, 11) is 0. The number of hydrogen-bond donors (Lipinski definition) is 1. The number of rotatable bonds is 3. The predicted octanol–water partition coefficient (Wildman–Crippen LogP) is 4.16. The molecule has 0 atom stereocenters. The van der Waals surface area contributed by atoms with E-state index >= 15 is 0 Å². The van der Waals surface area contributed by atoms with Gasteiger partial charge in [0.2, 0.25) is 0 Å². The van der Waals surface area contributed by atoms with Gasteiger partial charge in [-0.2, -0.15) is 13.2 Å². The Kier molecular flexibility index (Phi) is 4.30. The van der Waals surface area contributed by atoms with Crippen molar-refractivity contribution < 1.29 is 22.8 Å². The molecule has 0 aliphatic carbocycles. The fourth-order valence-corrected chi connectivity index (χ4v) is 1.94. The summed E-state index contributed by atoms with van der Waals surface area (Å²) < 4.78 is 38.7. The number of amides is 1. The molecule has 0 radical (unpaired) electrons. The van der Waals surface area contributed by atoms with Crippen molar-refractivity contribution in [3.63, 3.8) is 0 Å². The van der Waals surface area contributed by atoms with Crippen LogP contribution in [-0.4, -0.2) is 11.7 Å². The van der Waals surface area contributed by atoms with E-state index in [1.807, 2.05) is 0 Å². The molecule has 2 rings (SSSR count). The Bertz CT molecular complexity index is 723. The van der Waals surface area contributed by atoms with Crippen LogP contribution in [0.4, 0.5) is 18.9 Å². The Morgan fingerprint density at radius 1 is 1.00 bits per heavy atom. The first-order valence-corrected chi connectivity index (χ1v) is 6.37. The summed E-state index contributed by atoms with van der Waals surface area (Å²) >= 11 is 0. The van der Waals surface area contributed by atoms with Crippen molar-refractivity contribution in [3.05, 3.63) is 65.2 Å². The minimum atomic E-state index is -4.62. The molecule has 0 fully saturated rings. The minimum Gasteiger partial charge on any atom is -0.322 e. The number of Topliss-reactive ketones (excluding diaryl/α,β-unsaturated/α-hetero) is 1. The van der Waals surface area contributed by atoms with Crippen LogP contribution in [0.25, 0.3) is 0 Å². The van der Waals surface area contributed by atoms with Crippen LogP contribution >= 0.6 is 0 Å². The maximum Gasteiger partial charge on any atom is 0.417 e. The monoisotopic (exact) mass is 307 g/mol. The van der Waals surface area contributed by atoms with Crippen LogP contribution in [0.15, 0.2) is 48.5 Å². The number of benzene rings is 2. The number of halogens is 3. The van der Waals surface area contributed by atoms with Gasteiger partial charge in [0.25, 0.3) is 5.91 Å². The molecular weight excluding hydrogens is 295 g/mol. The summed E-state index contributed by atoms with van der Waals surface area (Å²) in [6.07, 6.45) is -4.62. The lowest BCUT2D eigenvalue weighted by atomic mass is 10.1. The van der Waals surface area contributed by atoms with Crippen molar-refractivity contribution in [2.75, 3.05) is 5.32 Å². The molecule has 0 saturated heterocycles. The SMILES string of the molecule is CC(=O)c1cccc(NC(=O)c2ccccc2C(F)(F)F)c1. The van der Waals surface area contributed by atoms with E-state index < -0.39 is 23.2 Å². The van der Waals surface area contributed by atoms with Gasteiger partial charge in [-0.25, -0.2) is 0 Å². The maximum atomic E-state index is 12.9. The number of carbonyl (C=O) groups is 2. The molecule has 0 spiro atoms. The largest absolute Gasteiger partial charge is 0.417 e. The third kappa shape index (κ3) is 3.52. The fraction of sp³-hybridized carbons (Fsp3) is 0.125. The number of nitrogens with one attached hydrogen (secondary N) is 1. The van der Waals surface area contributed by atoms with Gasteiger partial charge in [-0.05, 0) is 31.2 Å². The van der Waals surface area contributed by atoms with Gasteiger partial charge in [0.05, 0.1) is 11.1 Å². The minimum absolute atomic E-state index is 0.202. The van der Waals surface area contributed by atoms with Crippen molar-refractivity contribution in [2.24, 2.45) is 0 Å². The second-order valence-electron chi connectivity index (χ2n) is 4.63. The molecule has 0 aliphatic rings. The Hall–Kier alpha value is -2.63. The topological polar surface area (TPSA) is 46.2 Å². The van der Waals surface area contributed by atoms with Gasteiger partial charge in [-0.15, -0.1) is 0 Å². The van der Waals surface area contributed by atoms with Gasteiger partial charge >= 0.3 is 6.18 Å². The molecule has 1 amide bonds. The highest BCUT2D eigenvalue weighted by atomic mass is 19.4. The lowest BCUT2D eigenvalue weighted by molar-refractivity contribution is -0.137. The fourth-order valence-electron chi connectivity index (χ4n) is 1.94. The van der Waals surface area contributed by atoms with Gasteiger partial charge in [0.1, 0.15) is 0 Å². The van der Waals surface area contributed by atoms with E-state index in [0.29, 0.717) is 5.56 Å². The molecule has 3 nitrogen and oxygen atoms in total. The first-order chi connectivity index (χ1) is 10.3. The highest BCUT2D eigenvalue weighted by Gasteiger charge is 2.34. The van der Waals surface area contributed by atoms with E-state index in [1.54, 1.807) is 12.1 Å². The van der Waals surface area contributed by atoms with E-state index in [4.69, 9.17) is 0 Å². The van der Waals surface area contributed by atoms with Crippen molar-refractivity contribution in [3.8, 4) is 0 Å². The Labute approximate surface area is 124 Å². The maximum absolute atomic E-state index is 12.9. The van der Waals surface area contributed by atoms with E-state index in [2.05, 4.69) is 5.32 Å². The number of alkyl halides is 3. The van der Waals surface area contributed by atoms with Gasteiger partial charge in [-0.3, -0.25) is 9.59 Å². The summed E-state index contributed by atoms with van der Waals surface area (Å²) in [5.74, 6) is -1.08. The molecule has 1 N–H and O–H groups in total. The quantitative estimate of drug-likeness (QED) is 0.865. The molecule has 0 saturated carbocycles. The molecule has 114 valence electrons. The van der Waals surface area contributed by atoms with Gasteiger partial charge in [0.15, 0.2) is 5.78 Å². The number of hydrogen-bond acceptors (Lipinski definition) is 2. The molecule has 2 aromatic carbocycles. The first kappa shape index (κ1) is 15.8. The van der Waals surface area contributed by atoms with Crippen LogP contribution in [0.2, 0.25) is 0 Å². The van der Waals surface area contributed by atoms with Crippen LogP contribution in [0.5, 0.6) is 0 Å². The number of anilines is 1. The van der Waals surface area contributed by atoms with Crippen molar-refractivity contribution in [1.82, 2.24) is 0 Å². The molecule has 6 heteroatoms. The number of ketones is 1. The summed E-state index contributed by atoms with van der Waals surface area (Å²) in [6.45, 7) is 1.36. The standard InChI is InChI=1S/C16H12F3NO2/c1-10(21)11-5-4-6-12(9-11)20-15(22)13-7-2-3-8-14(13)16(17,18)19/h2-9H,1H3,(H,20,22). The molecule has 0 aromatic heterocycles. The van der Waals surface area contributed by atoms with Gasteiger partial charge < -0.3 is 5.32 Å². The average molecular weight is 307 g/mol. The lowest BCUT2D eigenvalue weighted by Gasteiger charge is -2.13. The van der Waals surface area contributed by atoms with Crippen LogP contribution in [0.1, 0.15) is 33.2 Å². The zero-order chi connectivity index (χ0) is 16.3. The molecule has 22 heavy (non-hydrogen) atoms. The summed E-state index contributed by atoms with van der Waals surface area (Å²) in [5.41, 5.74) is -0.852. The first-order valence-electron chi connectivity index (χ1n) is 6.37. The molecule has 0 heterocycles. The Morgan fingerprint density at radius 2 is 1.68 bits per heavy atom. The molecular formula is C16H12F3NO2. The van der Waals surface area contributed by atoms with E-state index in [0.717, 1.165) is 12.1 Å². The second kappa shape index (κ2) is 6.01. The van der Waals surface area contributed by atoms with Gasteiger partial charge in [0, 0.05) is 11.3 Å². The van der Waals surface area contributed by atoms with Crippen LogP contribution < -0.4 is 5.32 Å². The van der Waals surface area contributed by atoms with Crippen LogP contribution in [-0.2, 0) is 6.18 Å². The lowest BCUT2D eigenvalue weighted by Crippen LogP contribution is -2.18. The zero-order valence-electron chi connectivity index (χ0n) is 11.6. The third-order valence-corrected chi connectivity index (χ3v) is 3.00. The van der Waals surface area contributed by atoms with Crippen LogP contribution in [0, 0.1) is 0 Å². The van der Waals surface area contributed by atoms with Crippen molar-refractivity contribution in [1.29, 1.82) is 0 Å². The summed E-state index contributed by atoms with van der Waals surface area (Å²) in [6, 6.07) is 10.5. The molecule has 0 bridgehead atoms. The smallest absolute Gasteiger partial charge is 0.322 e. The Morgan fingerprint density at radius 3 is 2.32 bits per heavy atom. The highest BCUT2D eigenvalue weighted by Crippen LogP contribution is 2.32. The number of carbonyl (C=O) groups excluding carboxylic acids is 2. The summed E-state index contributed by atoms with van der Waals surface area (Å²) in [4.78, 5) is 23.3. The summed E-state index contributed by atoms with van der Waals surface area (Å²) in [5, 5.41) is 2.37. The van der Waals surface area contributed by atoms with Crippen LogP contribution in [0.3, 0.4) is 0 Å². The average Bonchev–Trinajstić information content (AvgIpc) is 2.46. The highest BCUT2D eigenvalue weighted by molar-refractivity contribution is 6.06.